The summed E-state index contributed by atoms with van der Waals surface area (Å²) >= 11 is 2.77. The molecule has 12 heteroatoms. The van der Waals surface area contributed by atoms with Gasteiger partial charge in [-0.2, -0.15) is 13.2 Å². The zero-order valence-corrected chi connectivity index (χ0v) is 20.7. The Morgan fingerprint density at radius 2 is 2.12 bits per heavy atom. The number of hydrogen-bond donors (Lipinski definition) is 1. The normalized spacial score (nSPS) is 21.6. The van der Waals surface area contributed by atoms with E-state index < -0.39 is 12.8 Å². The molecule has 0 radical (unpaired) electrons. The van der Waals surface area contributed by atoms with E-state index in [4.69, 9.17) is 9.47 Å². The number of halogens is 3. The molecule has 7 nitrogen and oxygen atoms in total. The molecule has 34 heavy (non-hydrogen) atoms. The van der Waals surface area contributed by atoms with E-state index >= 15 is 0 Å². The second-order valence-electron chi connectivity index (χ2n) is 8.72. The van der Waals surface area contributed by atoms with Crippen molar-refractivity contribution in [1.29, 1.82) is 0 Å². The average Bonchev–Trinajstić information content (AvgIpc) is 3.32. The van der Waals surface area contributed by atoms with Crippen LogP contribution in [0.3, 0.4) is 0 Å². The van der Waals surface area contributed by atoms with Crippen molar-refractivity contribution in [2.24, 2.45) is 0 Å². The Balaban J connectivity index is 1.13. The third-order valence-electron chi connectivity index (χ3n) is 5.95. The van der Waals surface area contributed by atoms with Gasteiger partial charge in [0, 0.05) is 36.3 Å². The first-order valence-electron chi connectivity index (χ1n) is 11.5. The lowest BCUT2D eigenvalue weighted by Crippen LogP contribution is -2.44. The Bertz CT molecular complexity index is 932. The van der Waals surface area contributed by atoms with Crippen LogP contribution in [0.25, 0.3) is 0 Å². The van der Waals surface area contributed by atoms with Crippen LogP contribution in [0.2, 0.25) is 0 Å². The van der Waals surface area contributed by atoms with Crippen molar-refractivity contribution >= 4 is 28.6 Å². The molecule has 0 aliphatic carbocycles. The molecule has 2 aliphatic heterocycles. The third-order valence-corrected chi connectivity index (χ3v) is 7.84. The number of alkyl halides is 3. The molecule has 0 spiro atoms. The molecule has 2 aliphatic rings. The number of rotatable bonds is 8. The highest BCUT2D eigenvalue weighted by Gasteiger charge is 2.30. The first-order valence-corrected chi connectivity index (χ1v) is 13.2. The second kappa shape index (κ2) is 11.3. The first kappa shape index (κ1) is 25.3. The van der Waals surface area contributed by atoms with Crippen LogP contribution in [0.15, 0.2) is 5.38 Å². The van der Waals surface area contributed by atoms with E-state index in [2.05, 4.69) is 20.2 Å². The van der Waals surface area contributed by atoms with E-state index in [1.54, 1.807) is 11.3 Å². The number of hydrogen-bond acceptors (Lipinski definition) is 8. The van der Waals surface area contributed by atoms with Crippen LogP contribution in [0.4, 0.5) is 13.2 Å². The fourth-order valence-electron chi connectivity index (χ4n) is 4.22. The Morgan fingerprint density at radius 1 is 1.29 bits per heavy atom. The predicted molar refractivity (Wildman–Crippen MR) is 124 cm³/mol. The van der Waals surface area contributed by atoms with E-state index in [1.165, 1.54) is 11.3 Å². The summed E-state index contributed by atoms with van der Waals surface area (Å²) in [4.78, 5) is 24.2. The lowest BCUT2D eigenvalue weighted by molar-refractivity contribution is -0.153. The minimum atomic E-state index is -4.35. The summed E-state index contributed by atoms with van der Waals surface area (Å²) in [5, 5.41) is 6.04. The molecule has 0 unspecified atom stereocenters. The minimum absolute atomic E-state index is 0.0186. The molecule has 4 heterocycles. The molecule has 2 aromatic heterocycles. The van der Waals surface area contributed by atoms with Gasteiger partial charge < -0.3 is 19.7 Å². The highest BCUT2D eigenvalue weighted by Crippen LogP contribution is 2.29. The number of amides is 1. The van der Waals surface area contributed by atoms with E-state index in [0.29, 0.717) is 19.4 Å². The SMILES string of the molecule is Cc1nc(CC(=O)N[C@H]2CC[C@H](CCN3CCc4nc(OCC(F)(F)F)sc4CC3)OC2)cs1. The molecule has 1 N–H and O–H groups in total. The Labute approximate surface area is 204 Å². The van der Waals surface area contributed by atoms with Crippen molar-refractivity contribution in [3.8, 4) is 5.19 Å². The lowest BCUT2D eigenvalue weighted by Gasteiger charge is -2.31. The van der Waals surface area contributed by atoms with E-state index in [1.807, 2.05) is 12.3 Å². The molecule has 0 bridgehead atoms. The van der Waals surface area contributed by atoms with Crippen molar-refractivity contribution in [2.75, 3.05) is 32.8 Å². The van der Waals surface area contributed by atoms with Crippen LogP contribution in [-0.4, -0.2) is 71.9 Å². The zero-order chi connectivity index (χ0) is 24.1. The number of carbonyl (C=O) groups excluding carboxylic acids is 1. The Hall–Kier alpha value is -1.76. The van der Waals surface area contributed by atoms with Gasteiger partial charge in [0.05, 0.1) is 41.6 Å². The largest absolute Gasteiger partial charge is 0.460 e. The van der Waals surface area contributed by atoms with Gasteiger partial charge in [0.1, 0.15) is 0 Å². The fraction of sp³-hybridized carbons (Fsp3) is 0.682. The molecule has 188 valence electrons. The van der Waals surface area contributed by atoms with Crippen LogP contribution in [0, 0.1) is 6.92 Å². The molecule has 1 saturated heterocycles. The van der Waals surface area contributed by atoms with Crippen LogP contribution < -0.4 is 10.1 Å². The number of aromatic nitrogens is 2. The molecule has 1 fully saturated rings. The van der Waals surface area contributed by atoms with Crippen molar-refractivity contribution in [3.63, 3.8) is 0 Å². The monoisotopic (exact) mass is 518 g/mol. The van der Waals surface area contributed by atoms with Crippen molar-refractivity contribution in [1.82, 2.24) is 20.2 Å². The Morgan fingerprint density at radius 3 is 2.82 bits per heavy atom. The molecule has 2 atom stereocenters. The van der Waals surface area contributed by atoms with Gasteiger partial charge in [-0.3, -0.25) is 4.79 Å². The van der Waals surface area contributed by atoms with Gasteiger partial charge in [0.15, 0.2) is 6.61 Å². The number of carbonyl (C=O) groups is 1. The summed E-state index contributed by atoms with van der Waals surface area (Å²) in [5.74, 6) is -0.0186. The van der Waals surface area contributed by atoms with E-state index in [-0.39, 0.29) is 23.2 Å². The van der Waals surface area contributed by atoms with Crippen molar-refractivity contribution in [2.45, 2.75) is 63.8 Å². The van der Waals surface area contributed by atoms with Gasteiger partial charge in [-0.25, -0.2) is 9.97 Å². The van der Waals surface area contributed by atoms with Crippen LogP contribution in [-0.2, 0) is 28.8 Å². The summed E-state index contributed by atoms with van der Waals surface area (Å²) in [7, 11) is 0. The molecule has 1 amide bonds. The molecule has 4 rings (SSSR count). The molecular weight excluding hydrogens is 489 g/mol. The van der Waals surface area contributed by atoms with Gasteiger partial charge in [-0.1, -0.05) is 11.3 Å². The standard InChI is InChI=1S/C22H29F3N4O3S2/c1-14-26-16(12-33-14)10-20(30)27-15-2-3-17(31-11-15)4-7-29-8-5-18-19(6-9-29)34-21(28-18)32-13-22(23,24)25/h12,15,17H,2-11,13H2,1H3,(H,27,30)/t15-,17+/m0/s1. The molecule has 0 aromatic carbocycles. The maximum atomic E-state index is 12.4. The lowest BCUT2D eigenvalue weighted by atomic mass is 10.0. The Kier molecular flexibility index (Phi) is 8.43. The van der Waals surface area contributed by atoms with Crippen LogP contribution in [0.5, 0.6) is 5.19 Å². The number of nitrogens with one attached hydrogen (secondary N) is 1. The maximum absolute atomic E-state index is 12.4. The molecular formula is C22H29F3N4O3S2. The topological polar surface area (TPSA) is 76.6 Å². The van der Waals surface area contributed by atoms with Crippen LogP contribution in [0.1, 0.15) is 40.5 Å². The highest BCUT2D eigenvalue weighted by molar-refractivity contribution is 7.13. The van der Waals surface area contributed by atoms with Gasteiger partial charge in [0.2, 0.25) is 5.91 Å². The fourth-order valence-corrected chi connectivity index (χ4v) is 5.78. The van der Waals surface area contributed by atoms with E-state index in [0.717, 1.165) is 66.6 Å². The molecule has 0 saturated carbocycles. The average molecular weight is 519 g/mol. The zero-order valence-electron chi connectivity index (χ0n) is 19.0. The first-order chi connectivity index (χ1) is 16.2. The van der Waals surface area contributed by atoms with E-state index in [9.17, 15) is 18.0 Å². The number of ether oxygens (including phenoxy) is 2. The van der Waals surface area contributed by atoms with Crippen molar-refractivity contribution in [3.05, 3.63) is 26.7 Å². The smallest absolute Gasteiger partial charge is 0.422 e. The summed E-state index contributed by atoms with van der Waals surface area (Å²) in [6.07, 6.45) is 0.313. The highest BCUT2D eigenvalue weighted by atomic mass is 32.1. The van der Waals surface area contributed by atoms with Gasteiger partial charge >= 0.3 is 6.18 Å². The third kappa shape index (κ3) is 7.62. The van der Waals surface area contributed by atoms with Crippen LogP contribution >= 0.6 is 22.7 Å². The van der Waals surface area contributed by atoms with Crippen molar-refractivity contribution < 1.29 is 27.4 Å². The summed E-state index contributed by atoms with van der Waals surface area (Å²) in [6, 6.07) is 0.0393. The summed E-state index contributed by atoms with van der Waals surface area (Å²) < 4.78 is 47.9. The number of fused-ring (bicyclic) bond motifs is 1. The maximum Gasteiger partial charge on any atom is 0.422 e. The van der Waals surface area contributed by atoms with Gasteiger partial charge in [0.25, 0.3) is 5.19 Å². The molecule has 2 aromatic rings. The summed E-state index contributed by atoms with van der Waals surface area (Å²) in [6.45, 7) is 3.71. The number of nitrogens with zero attached hydrogens (tertiary/aromatic N) is 3. The number of thiazole rings is 2. The predicted octanol–water partition coefficient (Wildman–Crippen LogP) is 3.55. The minimum Gasteiger partial charge on any atom is -0.460 e. The van der Waals surface area contributed by atoms with Gasteiger partial charge in [-0.05, 0) is 32.6 Å². The van der Waals surface area contributed by atoms with Gasteiger partial charge in [-0.15, -0.1) is 11.3 Å². The second-order valence-corrected chi connectivity index (χ2v) is 10.8. The quantitative estimate of drug-likeness (QED) is 0.576. The summed E-state index contributed by atoms with van der Waals surface area (Å²) in [5.41, 5.74) is 1.66. The number of aryl methyl sites for hydroxylation is 1.